The third kappa shape index (κ3) is 2.70. The van der Waals surface area contributed by atoms with Gasteiger partial charge < -0.3 is 0 Å². The van der Waals surface area contributed by atoms with Gasteiger partial charge in [-0.25, -0.2) is 9.67 Å². The average molecular weight is 332 g/mol. The van der Waals surface area contributed by atoms with Gasteiger partial charge in [-0.3, -0.25) is 0 Å². The minimum atomic E-state index is 0.654. The fourth-order valence-electron chi connectivity index (χ4n) is 2.59. The fraction of sp³-hybridized carbons (Fsp3) is 0. The molecule has 0 aliphatic carbocycles. The molecule has 0 aliphatic heterocycles. The van der Waals surface area contributed by atoms with E-state index in [1.54, 1.807) is 0 Å². The highest BCUT2D eigenvalue weighted by molar-refractivity contribution is 6.33. The summed E-state index contributed by atoms with van der Waals surface area (Å²) in [5, 5.41) is 5.37. The third-order valence-electron chi connectivity index (χ3n) is 3.75. The molecular weight excluding hydrogens is 318 g/mol. The number of hydrogen-bond donors (Lipinski definition) is 0. The molecule has 3 nitrogen and oxygen atoms in total. The lowest BCUT2D eigenvalue weighted by Crippen LogP contribution is -1.99. The molecular formula is C20H14ClN3. The first-order valence-electron chi connectivity index (χ1n) is 7.66. The van der Waals surface area contributed by atoms with Crippen molar-refractivity contribution in [2.24, 2.45) is 0 Å². The number of hydrogen-bond acceptors (Lipinski definition) is 2. The smallest absolute Gasteiger partial charge is 0.182 e. The summed E-state index contributed by atoms with van der Waals surface area (Å²) in [7, 11) is 0. The first-order chi connectivity index (χ1) is 11.8. The molecule has 0 bridgehead atoms. The topological polar surface area (TPSA) is 30.7 Å². The Balaban J connectivity index is 1.94. The van der Waals surface area contributed by atoms with Crippen LogP contribution in [-0.2, 0) is 0 Å². The molecule has 4 aromatic rings. The van der Waals surface area contributed by atoms with Gasteiger partial charge in [0, 0.05) is 11.1 Å². The Morgan fingerprint density at radius 1 is 0.708 bits per heavy atom. The molecule has 0 fully saturated rings. The summed E-state index contributed by atoms with van der Waals surface area (Å²) in [5.41, 5.74) is 2.78. The van der Waals surface area contributed by atoms with Gasteiger partial charge in [-0.1, -0.05) is 72.3 Å². The number of aromatic nitrogens is 3. The summed E-state index contributed by atoms with van der Waals surface area (Å²) in [6, 6.07) is 27.6. The second-order valence-electron chi connectivity index (χ2n) is 5.35. The third-order valence-corrected chi connectivity index (χ3v) is 4.08. The molecule has 1 aromatic heterocycles. The van der Waals surface area contributed by atoms with Crippen molar-refractivity contribution in [2.75, 3.05) is 0 Å². The van der Waals surface area contributed by atoms with Crippen LogP contribution in [0.15, 0.2) is 84.9 Å². The van der Waals surface area contributed by atoms with Gasteiger partial charge in [0.15, 0.2) is 11.6 Å². The molecule has 116 valence electrons. The zero-order valence-corrected chi connectivity index (χ0v) is 13.6. The van der Waals surface area contributed by atoms with E-state index in [1.165, 1.54) is 0 Å². The van der Waals surface area contributed by atoms with Crippen LogP contribution in [0.5, 0.6) is 0 Å². The van der Waals surface area contributed by atoms with Crippen LogP contribution in [0.4, 0.5) is 0 Å². The second-order valence-corrected chi connectivity index (χ2v) is 5.76. The number of para-hydroxylation sites is 1. The zero-order valence-electron chi connectivity index (χ0n) is 12.8. The Morgan fingerprint density at radius 2 is 1.33 bits per heavy atom. The highest BCUT2D eigenvalue weighted by atomic mass is 35.5. The molecule has 0 unspecified atom stereocenters. The van der Waals surface area contributed by atoms with Crippen molar-refractivity contribution in [1.29, 1.82) is 0 Å². The molecule has 4 heteroatoms. The van der Waals surface area contributed by atoms with Crippen LogP contribution >= 0.6 is 11.6 Å². The van der Waals surface area contributed by atoms with Gasteiger partial charge in [0.2, 0.25) is 0 Å². The maximum Gasteiger partial charge on any atom is 0.182 e. The SMILES string of the molecule is Clc1ccccc1-c1nc(-c2ccccc2)nn1-c1ccccc1. The normalized spacial score (nSPS) is 10.7. The molecule has 0 radical (unpaired) electrons. The summed E-state index contributed by atoms with van der Waals surface area (Å²) < 4.78 is 1.84. The molecule has 1 heterocycles. The molecule has 0 N–H and O–H groups in total. The van der Waals surface area contributed by atoms with Crippen LogP contribution in [0.25, 0.3) is 28.5 Å². The Bertz CT molecular complexity index is 963. The van der Waals surface area contributed by atoms with E-state index in [0.717, 1.165) is 22.6 Å². The lowest BCUT2D eigenvalue weighted by molar-refractivity contribution is 0.890. The van der Waals surface area contributed by atoms with Gasteiger partial charge in [0.25, 0.3) is 0 Å². The first kappa shape index (κ1) is 14.7. The fourth-order valence-corrected chi connectivity index (χ4v) is 2.81. The number of benzene rings is 3. The van der Waals surface area contributed by atoms with Crippen molar-refractivity contribution in [3.63, 3.8) is 0 Å². The molecule has 0 atom stereocenters. The van der Waals surface area contributed by atoms with Gasteiger partial charge in [-0.05, 0) is 24.3 Å². The molecule has 4 rings (SSSR count). The minimum Gasteiger partial charge on any atom is -0.213 e. The first-order valence-corrected chi connectivity index (χ1v) is 8.03. The maximum atomic E-state index is 6.39. The van der Waals surface area contributed by atoms with Gasteiger partial charge in [0.05, 0.1) is 10.7 Å². The van der Waals surface area contributed by atoms with E-state index < -0.39 is 0 Å². The van der Waals surface area contributed by atoms with Crippen molar-refractivity contribution in [3.8, 4) is 28.5 Å². The molecule has 0 saturated heterocycles. The predicted molar refractivity (Wildman–Crippen MR) is 97.2 cm³/mol. The Kier molecular flexibility index (Phi) is 3.85. The van der Waals surface area contributed by atoms with Gasteiger partial charge in [0.1, 0.15) is 0 Å². The molecule has 24 heavy (non-hydrogen) atoms. The van der Waals surface area contributed by atoms with Crippen LogP contribution in [0.3, 0.4) is 0 Å². The van der Waals surface area contributed by atoms with E-state index in [1.807, 2.05) is 89.6 Å². The van der Waals surface area contributed by atoms with Crippen LogP contribution < -0.4 is 0 Å². The number of rotatable bonds is 3. The summed E-state index contributed by atoms with van der Waals surface area (Å²) in [4.78, 5) is 4.76. The van der Waals surface area contributed by atoms with Crippen molar-refractivity contribution in [3.05, 3.63) is 90.0 Å². The van der Waals surface area contributed by atoms with E-state index in [0.29, 0.717) is 10.8 Å². The van der Waals surface area contributed by atoms with Gasteiger partial charge in [-0.2, -0.15) is 0 Å². The monoisotopic (exact) mass is 331 g/mol. The van der Waals surface area contributed by atoms with Gasteiger partial charge >= 0.3 is 0 Å². The Labute approximate surface area is 145 Å². The largest absolute Gasteiger partial charge is 0.213 e. The van der Waals surface area contributed by atoms with E-state index in [9.17, 15) is 0 Å². The van der Waals surface area contributed by atoms with Crippen LogP contribution in [-0.4, -0.2) is 14.8 Å². The van der Waals surface area contributed by atoms with Crippen LogP contribution in [0, 0.1) is 0 Å². The van der Waals surface area contributed by atoms with Crippen molar-refractivity contribution in [2.45, 2.75) is 0 Å². The number of nitrogens with zero attached hydrogens (tertiary/aromatic N) is 3. The molecule has 0 amide bonds. The Morgan fingerprint density at radius 3 is 2.04 bits per heavy atom. The summed E-state index contributed by atoms with van der Waals surface area (Å²) in [5.74, 6) is 1.40. The van der Waals surface area contributed by atoms with E-state index in [2.05, 4.69) is 0 Å². The highest BCUT2D eigenvalue weighted by Gasteiger charge is 2.16. The second kappa shape index (κ2) is 6.30. The van der Waals surface area contributed by atoms with Crippen molar-refractivity contribution in [1.82, 2.24) is 14.8 Å². The van der Waals surface area contributed by atoms with Crippen molar-refractivity contribution < 1.29 is 0 Å². The van der Waals surface area contributed by atoms with Gasteiger partial charge in [-0.15, -0.1) is 5.10 Å². The predicted octanol–water partition coefficient (Wildman–Crippen LogP) is 5.25. The summed E-state index contributed by atoms with van der Waals surface area (Å²) in [6.45, 7) is 0. The highest BCUT2D eigenvalue weighted by Crippen LogP contribution is 2.30. The molecule has 3 aromatic carbocycles. The van der Waals surface area contributed by atoms with Crippen molar-refractivity contribution >= 4 is 11.6 Å². The lowest BCUT2D eigenvalue weighted by atomic mass is 10.2. The quantitative estimate of drug-likeness (QED) is 0.513. The van der Waals surface area contributed by atoms with E-state index >= 15 is 0 Å². The number of halogens is 1. The van der Waals surface area contributed by atoms with Crippen LogP contribution in [0.1, 0.15) is 0 Å². The summed E-state index contributed by atoms with van der Waals surface area (Å²) in [6.07, 6.45) is 0. The van der Waals surface area contributed by atoms with E-state index in [4.69, 9.17) is 21.7 Å². The molecule has 0 spiro atoms. The molecule has 0 aliphatic rings. The lowest BCUT2D eigenvalue weighted by Gasteiger charge is -2.06. The van der Waals surface area contributed by atoms with E-state index in [-0.39, 0.29) is 0 Å². The minimum absolute atomic E-state index is 0.654. The summed E-state index contributed by atoms with van der Waals surface area (Å²) >= 11 is 6.39. The zero-order chi connectivity index (χ0) is 16.4. The standard InChI is InChI=1S/C20H14ClN3/c21-18-14-8-7-13-17(18)20-22-19(15-9-3-1-4-10-15)23-24(20)16-11-5-2-6-12-16/h1-14H. The maximum absolute atomic E-state index is 6.39. The Hall–Kier alpha value is -2.91. The average Bonchev–Trinajstić information content (AvgIpc) is 3.09. The van der Waals surface area contributed by atoms with Crippen LogP contribution in [0.2, 0.25) is 5.02 Å². The molecule has 0 saturated carbocycles.